The molecule has 0 heterocycles. The molecule has 0 N–H and O–H groups in total. The number of rotatable bonds is 6. The van der Waals surface area contributed by atoms with Crippen LogP contribution in [0, 0.1) is 11.8 Å². The number of allylic oxidation sites excluding steroid dienone is 1. The number of halogens is 13. The molecular formula is C12H11F13. The highest BCUT2D eigenvalue weighted by Crippen LogP contribution is 2.53. The molecule has 0 saturated heterocycles. The molecule has 0 radical (unpaired) electrons. The Labute approximate surface area is 132 Å². The molecule has 13 heteroatoms. The number of alkyl halides is 13. The van der Waals surface area contributed by atoms with Gasteiger partial charge in [-0.05, 0) is 12.8 Å². The minimum Gasteiger partial charge on any atom is -0.224 e. The Morgan fingerprint density at radius 1 is 0.640 bits per heavy atom. The zero-order valence-electron chi connectivity index (χ0n) is 12.0. The van der Waals surface area contributed by atoms with E-state index in [1.165, 1.54) is 0 Å². The summed E-state index contributed by atoms with van der Waals surface area (Å²) < 4.78 is 164. The molecule has 0 aliphatic heterocycles. The van der Waals surface area contributed by atoms with Crippen molar-refractivity contribution in [3.8, 4) is 0 Å². The third kappa shape index (κ3) is 5.94. The second-order valence-corrected chi connectivity index (χ2v) is 5.24. The van der Waals surface area contributed by atoms with E-state index < -0.39 is 61.5 Å². The lowest BCUT2D eigenvalue weighted by atomic mass is 9.83. The average Bonchev–Trinajstić information content (AvgIpc) is 2.31. The van der Waals surface area contributed by atoms with Crippen molar-refractivity contribution in [1.82, 2.24) is 0 Å². The van der Waals surface area contributed by atoms with E-state index in [2.05, 4.69) is 6.58 Å². The Kier molecular flexibility index (Phi) is 6.88. The maximum absolute atomic E-state index is 13.5. The van der Waals surface area contributed by atoms with Crippen molar-refractivity contribution in [2.24, 2.45) is 11.8 Å². The predicted octanol–water partition coefficient (Wildman–Crippen LogP) is 6.53. The lowest BCUT2D eigenvalue weighted by Gasteiger charge is -2.35. The van der Waals surface area contributed by atoms with Crippen LogP contribution in [0.15, 0.2) is 12.7 Å². The van der Waals surface area contributed by atoms with Gasteiger partial charge in [0.15, 0.2) is 0 Å². The summed E-state index contributed by atoms with van der Waals surface area (Å²) in [5.74, 6) is -6.75. The summed E-state index contributed by atoms with van der Waals surface area (Å²) in [7, 11) is 0. The standard InChI is InChI=1S/C12H11F13/c1-2-3-6(9(14,15)16)4-7(10(17,18)19)5-8(13,11(20,21)22)12(23,24)25/h2,6-7H,1,3-5H2. The summed E-state index contributed by atoms with van der Waals surface area (Å²) in [4.78, 5) is 0. The van der Waals surface area contributed by atoms with Crippen LogP contribution in [0.4, 0.5) is 57.1 Å². The van der Waals surface area contributed by atoms with Crippen LogP contribution in [0.25, 0.3) is 0 Å². The molecule has 0 rings (SSSR count). The Morgan fingerprint density at radius 3 is 1.24 bits per heavy atom. The van der Waals surface area contributed by atoms with E-state index in [0.29, 0.717) is 6.08 Å². The van der Waals surface area contributed by atoms with Crippen LogP contribution >= 0.6 is 0 Å². The van der Waals surface area contributed by atoms with Gasteiger partial charge in [0.05, 0.1) is 11.8 Å². The summed E-state index contributed by atoms with van der Waals surface area (Å²) >= 11 is 0. The van der Waals surface area contributed by atoms with Gasteiger partial charge in [-0.2, -0.15) is 52.7 Å². The van der Waals surface area contributed by atoms with Crippen molar-refractivity contribution in [3.05, 3.63) is 12.7 Å². The molecular weight excluding hydrogens is 391 g/mol. The fourth-order valence-corrected chi connectivity index (χ4v) is 1.97. The highest BCUT2D eigenvalue weighted by atomic mass is 19.4. The molecule has 2 atom stereocenters. The number of hydrogen-bond acceptors (Lipinski definition) is 0. The molecule has 0 aliphatic carbocycles. The lowest BCUT2D eigenvalue weighted by molar-refractivity contribution is -0.353. The fourth-order valence-electron chi connectivity index (χ4n) is 1.97. The Morgan fingerprint density at radius 2 is 1.00 bits per heavy atom. The van der Waals surface area contributed by atoms with E-state index in [-0.39, 0.29) is 0 Å². The third-order valence-electron chi connectivity index (χ3n) is 3.37. The Bertz CT molecular complexity index is 422. The summed E-state index contributed by atoms with van der Waals surface area (Å²) in [6.07, 6.45) is -31.0. The molecule has 0 aromatic heterocycles. The minimum absolute atomic E-state index is 0.502. The summed E-state index contributed by atoms with van der Waals surface area (Å²) in [5.41, 5.74) is -6.30. The Balaban J connectivity index is 5.88. The third-order valence-corrected chi connectivity index (χ3v) is 3.37. The summed E-state index contributed by atoms with van der Waals surface area (Å²) in [6, 6.07) is 0. The molecule has 2 unspecified atom stereocenters. The van der Waals surface area contributed by atoms with E-state index in [1.54, 1.807) is 0 Å². The summed E-state index contributed by atoms with van der Waals surface area (Å²) in [6.45, 7) is 2.82. The lowest BCUT2D eigenvalue weighted by Crippen LogP contribution is -2.55. The fraction of sp³-hybridized carbons (Fsp3) is 0.833. The summed E-state index contributed by atoms with van der Waals surface area (Å²) in [5, 5.41) is 0. The van der Waals surface area contributed by atoms with Crippen molar-refractivity contribution in [1.29, 1.82) is 0 Å². The van der Waals surface area contributed by atoms with Gasteiger partial charge in [0.25, 0.3) is 5.67 Å². The topological polar surface area (TPSA) is 0 Å². The first-order valence-electron chi connectivity index (χ1n) is 6.34. The van der Waals surface area contributed by atoms with Crippen LogP contribution in [-0.2, 0) is 0 Å². The van der Waals surface area contributed by atoms with Crippen LogP contribution in [0.3, 0.4) is 0 Å². The van der Waals surface area contributed by atoms with Gasteiger partial charge in [-0.1, -0.05) is 6.08 Å². The molecule has 0 spiro atoms. The van der Waals surface area contributed by atoms with Gasteiger partial charge < -0.3 is 0 Å². The monoisotopic (exact) mass is 402 g/mol. The molecule has 0 aliphatic rings. The zero-order valence-corrected chi connectivity index (χ0v) is 12.0. The SMILES string of the molecule is C=CCC(CC(CC(F)(C(F)(F)F)C(F)(F)F)C(F)(F)F)C(F)(F)F. The van der Waals surface area contributed by atoms with Gasteiger partial charge in [-0.25, -0.2) is 4.39 Å². The van der Waals surface area contributed by atoms with Crippen LogP contribution in [0.5, 0.6) is 0 Å². The van der Waals surface area contributed by atoms with Crippen molar-refractivity contribution in [3.63, 3.8) is 0 Å². The van der Waals surface area contributed by atoms with E-state index in [1.807, 2.05) is 0 Å². The van der Waals surface area contributed by atoms with Crippen molar-refractivity contribution < 1.29 is 57.1 Å². The van der Waals surface area contributed by atoms with Crippen molar-refractivity contribution >= 4 is 0 Å². The molecule has 0 amide bonds. The normalized spacial score (nSPS) is 17.3. The molecule has 0 bridgehead atoms. The van der Waals surface area contributed by atoms with Crippen LogP contribution in [-0.4, -0.2) is 30.4 Å². The van der Waals surface area contributed by atoms with Gasteiger partial charge in [0.1, 0.15) is 0 Å². The average molecular weight is 402 g/mol. The molecule has 0 nitrogen and oxygen atoms in total. The largest absolute Gasteiger partial charge is 0.431 e. The molecule has 25 heavy (non-hydrogen) atoms. The number of hydrogen-bond donors (Lipinski definition) is 0. The van der Waals surface area contributed by atoms with E-state index in [0.717, 1.165) is 0 Å². The first-order valence-corrected chi connectivity index (χ1v) is 6.34. The molecule has 0 aromatic rings. The maximum Gasteiger partial charge on any atom is 0.431 e. The highest BCUT2D eigenvalue weighted by Gasteiger charge is 2.74. The molecule has 0 fully saturated rings. The maximum atomic E-state index is 13.5. The molecule has 0 aromatic carbocycles. The van der Waals surface area contributed by atoms with Gasteiger partial charge in [-0.15, -0.1) is 6.58 Å². The van der Waals surface area contributed by atoms with Crippen LogP contribution in [0.2, 0.25) is 0 Å². The van der Waals surface area contributed by atoms with Gasteiger partial charge in [-0.3, -0.25) is 0 Å². The van der Waals surface area contributed by atoms with Crippen LogP contribution in [0.1, 0.15) is 19.3 Å². The molecule has 0 saturated carbocycles. The Hall–Kier alpha value is -1.17. The van der Waals surface area contributed by atoms with Crippen LogP contribution < -0.4 is 0 Å². The quantitative estimate of drug-likeness (QED) is 0.350. The van der Waals surface area contributed by atoms with Crippen molar-refractivity contribution in [2.75, 3.05) is 0 Å². The van der Waals surface area contributed by atoms with Gasteiger partial charge >= 0.3 is 24.7 Å². The first kappa shape index (κ1) is 23.8. The van der Waals surface area contributed by atoms with E-state index in [4.69, 9.17) is 0 Å². The smallest absolute Gasteiger partial charge is 0.224 e. The predicted molar refractivity (Wildman–Crippen MR) is 59.1 cm³/mol. The van der Waals surface area contributed by atoms with E-state index in [9.17, 15) is 57.1 Å². The van der Waals surface area contributed by atoms with Gasteiger partial charge in [0, 0.05) is 6.42 Å². The highest BCUT2D eigenvalue weighted by molar-refractivity contribution is 4.98. The van der Waals surface area contributed by atoms with Gasteiger partial charge in [0.2, 0.25) is 0 Å². The first-order chi connectivity index (χ1) is 10.8. The zero-order chi connectivity index (χ0) is 20.5. The second-order valence-electron chi connectivity index (χ2n) is 5.24. The molecule has 150 valence electrons. The van der Waals surface area contributed by atoms with E-state index >= 15 is 0 Å². The van der Waals surface area contributed by atoms with Crippen molar-refractivity contribution in [2.45, 2.75) is 49.6 Å². The second kappa shape index (κ2) is 7.22. The minimum atomic E-state index is -6.79.